The molecule has 9 nitrogen and oxygen atoms in total. The molecule has 0 saturated carbocycles. The lowest BCUT2D eigenvalue weighted by Gasteiger charge is -2.14. The average Bonchev–Trinajstić information content (AvgIpc) is 2.69. The van der Waals surface area contributed by atoms with Gasteiger partial charge in [-0.05, 0) is 39.2 Å². The van der Waals surface area contributed by atoms with Crippen LogP contribution in [-0.2, 0) is 0 Å². The van der Waals surface area contributed by atoms with Gasteiger partial charge in [-0.1, -0.05) is 6.07 Å². The third-order valence-corrected chi connectivity index (χ3v) is 4.31. The van der Waals surface area contributed by atoms with E-state index in [0.29, 0.717) is 29.6 Å². The Bertz CT molecular complexity index is 993. The summed E-state index contributed by atoms with van der Waals surface area (Å²) in [5.41, 5.74) is 2.85. The van der Waals surface area contributed by atoms with Crippen molar-refractivity contribution in [3.63, 3.8) is 0 Å². The largest absolute Gasteiger partial charge is 0.353 e. The standard InChI is InChI=1S/C20H23N7O2/c1-14-16(5-4-6-18(14)27(28)29)23-19-13-17(15-7-9-21-10-8-15)24-20(25-19)22-11-12-26(2)3/h4-10,13H,11-12H2,1-3H3,(H2,22,23,24,25). The van der Waals surface area contributed by atoms with Gasteiger partial charge < -0.3 is 15.5 Å². The second-order valence-corrected chi connectivity index (χ2v) is 6.76. The Labute approximate surface area is 169 Å². The Kier molecular flexibility index (Phi) is 6.30. The van der Waals surface area contributed by atoms with Gasteiger partial charge in [0.2, 0.25) is 5.95 Å². The molecule has 1 aromatic carbocycles. The average molecular weight is 393 g/mol. The Balaban J connectivity index is 1.95. The lowest BCUT2D eigenvalue weighted by atomic mass is 10.1. The number of hydrogen-bond donors (Lipinski definition) is 2. The van der Waals surface area contributed by atoms with E-state index in [4.69, 9.17) is 0 Å². The highest BCUT2D eigenvalue weighted by Gasteiger charge is 2.14. The van der Waals surface area contributed by atoms with Crippen LogP contribution >= 0.6 is 0 Å². The predicted molar refractivity (Wildman–Crippen MR) is 113 cm³/mol. The van der Waals surface area contributed by atoms with E-state index in [1.807, 2.05) is 32.3 Å². The first-order valence-corrected chi connectivity index (χ1v) is 9.13. The number of benzene rings is 1. The Hall–Kier alpha value is -3.59. The number of nitro groups is 1. The minimum Gasteiger partial charge on any atom is -0.353 e. The molecule has 0 radical (unpaired) electrons. The van der Waals surface area contributed by atoms with Crippen molar-refractivity contribution in [2.45, 2.75) is 6.92 Å². The molecule has 0 bridgehead atoms. The molecular weight excluding hydrogens is 370 g/mol. The van der Waals surface area contributed by atoms with Crippen LogP contribution in [-0.4, -0.2) is 52.0 Å². The van der Waals surface area contributed by atoms with Crippen molar-refractivity contribution in [2.75, 3.05) is 37.8 Å². The zero-order valence-corrected chi connectivity index (χ0v) is 16.6. The molecular formula is C20H23N7O2. The maximum atomic E-state index is 11.2. The zero-order chi connectivity index (χ0) is 20.8. The summed E-state index contributed by atoms with van der Waals surface area (Å²) in [4.78, 5) is 26.1. The minimum absolute atomic E-state index is 0.0581. The van der Waals surface area contributed by atoms with Crippen LogP contribution in [0.25, 0.3) is 11.3 Å². The van der Waals surface area contributed by atoms with Crippen molar-refractivity contribution in [1.82, 2.24) is 19.9 Å². The van der Waals surface area contributed by atoms with Crippen LogP contribution in [0.1, 0.15) is 5.56 Å². The van der Waals surface area contributed by atoms with E-state index in [1.54, 1.807) is 31.5 Å². The second-order valence-electron chi connectivity index (χ2n) is 6.76. The van der Waals surface area contributed by atoms with E-state index in [0.717, 1.165) is 17.8 Å². The molecule has 0 atom stereocenters. The van der Waals surface area contributed by atoms with Crippen molar-refractivity contribution in [1.29, 1.82) is 0 Å². The molecule has 0 saturated heterocycles. The summed E-state index contributed by atoms with van der Waals surface area (Å²) in [6.07, 6.45) is 3.41. The molecule has 2 heterocycles. The topological polar surface area (TPSA) is 109 Å². The number of anilines is 3. The Morgan fingerprint density at radius 1 is 1.14 bits per heavy atom. The van der Waals surface area contributed by atoms with E-state index in [1.165, 1.54) is 6.07 Å². The highest BCUT2D eigenvalue weighted by Crippen LogP contribution is 2.29. The lowest BCUT2D eigenvalue weighted by Crippen LogP contribution is -2.21. The smallest absolute Gasteiger partial charge is 0.274 e. The summed E-state index contributed by atoms with van der Waals surface area (Å²) in [5, 5.41) is 17.6. The minimum atomic E-state index is -0.392. The van der Waals surface area contributed by atoms with E-state index in [9.17, 15) is 10.1 Å². The number of nitro benzene ring substituents is 1. The van der Waals surface area contributed by atoms with E-state index in [2.05, 4.69) is 30.5 Å². The lowest BCUT2D eigenvalue weighted by molar-refractivity contribution is -0.385. The van der Waals surface area contributed by atoms with Gasteiger partial charge in [-0.25, -0.2) is 4.98 Å². The van der Waals surface area contributed by atoms with Gasteiger partial charge in [0.1, 0.15) is 5.82 Å². The maximum absolute atomic E-state index is 11.2. The quantitative estimate of drug-likeness (QED) is 0.442. The molecule has 3 aromatic rings. The summed E-state index contributed by atoms with van der Waals surface area (Å²) in [6, 6.07) is 10.5. The number of nitrogens with one attached hydrogen (secondary N) is 2. The van der Waals surface area contributed by atoms with Crippen LogP contribution in [0.4, 0.5) is 23.1 Å². The third-order valence-electron chi connectivity index (χ3n) is 4.31. The predicted octanol–water partition coefficient (Wildman–Crippen LogP) is 3.47. The van der Waals surface area contributed by atoms with Crippen molar-refractivity contribution in [3.8, 4) is 11.3 Å². The number of aromatic nitrogens is 3. The first-order chi connectivity index (χ1) is 13.9. The van der Waals surface area contributed by atoms with Gasteiger partial charge in [-0.15, -0.1) is 0 Å². The van der Waals surface area contributed by atoms with Crippen LogP contribution in [0.5, 0.6) is 0 Å². The molecule has 0 spiro atoms. The summed E-state index contributed by atoms with van der Waals surface area (Å²) in [7, 11) is 3.99. The summed E-state index contributed by atoms with van der Waals surface area (Å²) in [6.45, 7) is 3.22. The van der Waals surface area contributed by atoms with E-state index in [-0.39, 0.29) is 5.69 Å². The van der Waals surface area contributed by atoms with Crippen LogP contribution in [0.2, 0.25) is 0 Å². The van der Waals surface area contributed by atoms with Crippen LogP contribution < -0.4 is 10.6 Å². The Morgan fingerprint density at radius 2 is 1.90 bits per heavy atom. The Morgan fingerprint density at radius 3 is 2.59 bits per heavy atom. The molecule has 150 valence electrons. The number of hydrogen-bond acceptors (Lipinski definition) is 8. The molecule has 0 aliphatic heterocycles. The van der Waals surface area contributed by atoms with Crippen molar-refractivity contribution in [3.05, 3.63) is 64.5 Å². The van der Waals surface area contributed by atoms with Crippen molar-refractivity contribution < 1.29 is 4.92 Å². The van der Waals surface area contributed by atoms with Crippen molar-refractivity contribution in [2.24, 2.45) is 0 Å². The summed E-state index contributed by atoms with van der Waals surface area (Å²) in [5.74, 6) is 1.02. The third kappa shape index (κ3) is 5.23. The second kappa shape index (κ2) is 9.07. The fourth-order valence-corrected chi connectivity index (χ4v) is 2.75. The van der Waals surface area contributed by atoms with Crippen molar-refractivity contribution >= 4 is 23.1 Å². The molecule has 9 heteroatoms. The molecule has 3 rings (SSSR count). The first kappa shape index (κ1) is 20.2. The number of likely N-dealkylation sites (N-methyl/N-ethyl adjacent to an activating group) is 1. The zero-order valence-electron chi connectivity index (χ0n) is 16.6. The van der Waals surface area contributed by atoms with Gasteiger partial charge in [0.15, 0.2) is 0 Å². The molecule has 0 amide bonds. The molecule has 2 aromatic heterocycles. The monoisotopic (exact) mass is 393 g/mol. The van der Waals surface area contributed by atoms with Gasteiger partial charge in [0.05, 0.1) is 16.2 Å². The van der Waals surface area contributed by atoms with Gasteiger partial charge >= 0.3 is 0 Å². The SMILES string of the molecule is Cc1c(Nc2cc(-c3ccncc3)nc(NCCN(C)C)n2)cccc1[N+](=O)[O-]. The fourth-order valence-electron chi connectivity index (χ4n) is 2.75. The highest BCUT2D eigenvalue weighted by atomic mass is 16.6. The summed E-state index contributed by atoms with van der Waals surface area (Å²) >= 11 is 0. The summed E-state index contributed by atoms with van der Waals surface area (Å²) < 4.78 is 0. The van der Waals surface area contributed by atoms with Crippen LogP contribution in [0.3, 0.4) is 0 Å². The highest BCUT2D eigenvalue weighted by molar-refractivity contribution is 5.70. The van der Waals surface area contributed by atoms with Crippen LogP contribution in [0.15, 0.2) is 48.8 Å². The van der Waals surface area contributed by atoms with Gasteiger partial charge in [-0.3, -0.25) is 15.1 Å². The number of pyridine rings is 1. The van der Waals surface area contributed by atoms with Gasteiger partial charge in [-0.2, -0.15) is 4.98 Å². The normalized spacial score (nSPS) is 10.8. The van der Waals surface area contributed by atoms with Gasteiger partial charge in [0, 0.05) is 48.9 Å². The molecule has 0 aliphatic rings. The van der Waals surface area contributed by atoms with E-state index >= 15 is 0 Å². The number of nitrogens with zero attached hydrogens (tertiary/aromatic N) is 5. The number of rotatable bonds is 8. The van der Waals surface area contributed by atoms with Gasteiger partial charge in [0.25, 0.3) is 5.69 Å². The molecule has 0 fully saturated rings. The van der Waals surface area contributed by atoms with Crippen LogP contribution in [0, 0.1) is 17.0 Å². The molecule has 2 N–H and O–H groups in total. The van der Waals surface area contributed by atoms with E-state index < -0.39 is 4.92 Å². The molecule has 29 heavy (non-hydrogen) atoms. The molecule has 0 aliphatic carbocycles. The first-order valence-electron chi connectivity index (χ1n) is 9.13. The molecule has 0 unspecified atom stereocenters. The maximum Gasteiger partial charge on any atom is 0.274 e. The fraction of sp³-hybridized carbons (Fsp3) is 0.250.